The van der Waals surface area contributed by atoms with E-state index in [4.69, 9.17) is 0 Å². The van der Waals surface area contributed by atoms with Crippen LogP contribution in [0.25, 0.3) is 0 Å². The number of aromatic nitrogens is 1. The lowest BCUT2D eigenvalue weighted by atomic mass is 10.4. The van der Waals surface area contributed by atoms with Gasteiger partial charge >= 0.3 is 0 Å². The lowest BCUT2D eigenvalue weighted by molar-refractivity contribution is 0.480. The number of nitrogens with zero attached hydrogens (tertiary/aromatic N) is 4. The fraction of sp³-hybridized carbons (Fsp3) is 0.500. The van der Waals surface area contributed by atoms with Crippen molar-refractivity contribution in [3.8, 4) is 0 Å². The number of anilines is 1. The molecule has 5 heteroatoms. The van der Waals surface area contributed by atoms with Gasteiger partial charge in [-0.2, -0.15) is 0 Å². The van der Waals surface area contributed by atoms with Gasteiger partial charge in [-0.25, -0.2) is 4.98 Å². The minimum absolute atomic E-state index is 0.724. The van der Waals surface area contributed by atoms with Crippen molar-refractivity contribution in [3.63, 3.8) is 0 Å². The van der Waals surface area contributed by atoms with Crippen molar-refractivity contribution in [1.82, 2.24) is 14.8 Å². The third-order valence-electron chi connectivity index (χ3n) is 2.14. The third kappa shape index (κ3) is 4.72. The van der Waals surface area contributed by atoms with Crippen molar-refractivity contribution in [2.24, 2.45) is 4.99 Å². The number of pyridine rings is 1. The maximum atomic E-state index is 4.52. The van der Waals surface area contributed by atoms with E-state index in [1.807, 2.05) is 56.2 Å². The highest BCUT2D eigenvalue weighted by molar-refractivity contribution is 5.79. The van der Waals surface area contributed by atoms with Gasteiger partial charge in [-0.1, -0.05) is 6.07 Å². The van der Waals surface area contributed by atoms with Gasteiger partial charge in [0.2, 0.25) is 0 Å². The van der Waals surface area contributed by atoms with Crippen LogP contribution in [0.5, 0.6) is 0 Å². The summed E-state index contributed by atoms with van der Waals surface area (Å²) in [6, 6.07) is 5.81. The highest BCUT2D eigenvalue weighted by atomic mass is 15.3. The van der Waals surface area contributed by atoms with Crippen molar-refractivity contribution in [2.45, 2.75) is 0 Å². The zero-order valence-corrected chi connectivity index (χ0v) is 11.0. The highest BCUT2D eigenvalue weighted by Gasteiger charge is 2.02. The molecule has 0 bridgehead atoms. The second-order valence-corrected chi connectivity index (χ2v) is 4.11. The Hall–Kier alpha value is -1.78. The Kier molecular flexibility index (Phi) is 5.26. The second kappa shape index (κ2) is 6.73. The van der Waals surface area contributed by atoms with Gasteiger partial charge in [0.25, 0.3) is 0 Å². The molecule has 0 aliphatic rings. The van der Waals surface area contributed by atoms with Crippen LogP contribution in [0.1, 0.15) is 0 Å². The smallest absolute Gasteiger partial charge is 0.195 e. The summed E-state index contributed by atoms with van der Waals surface area (Å²) in [4.78, 5) is 12.7. The summed E-state index contributed by atoms with van der Waals surface area (Å²) in [5, 5.41) is 3.22. The molecule has 0 aliphatic heterocycles. The first-order chi connectivity index (χ1) is 8.11. The molecule has 5 nitrogen and oxygen atoms in total. The molecule has 1 N–H and O–H groups in total. The Bertz CT molecular complexity index is 335. The van der Waals surface area contributed by atoms with Crippen LogP contribution >= 0.6 is 0 Å². The molecule has 0 saturated heterocycles. The normalized spacial score (nSPS) is 9.65. The van der Waals surface area contributed by atoms with E-state index in [2.05, 4.69) is 15.3 Å². The van der Waals surface area contributed by atoms with E-state index in [1.165, 1.54) is 0 Å². The number of aliphatic imine (C=N–C) groups is 1. The second-order valence-electron chi connectivity index (χ2n) is 4.11. The van der Waals surface area contributed by atoms with E-state index in [0.29, 0.717) is 0 Å². The van der Waals surface area contributed by atoms with Gasteiger partial charge in [-0.05, 0) is 12.1 Å². The molecule has 0 atom stereocenters. The number of rotatable bonds is 4. The molecule has 0 aliphatic carbocycles. The summed E-state index contributed by atoms with van der Waals surface area (Å²) in [5.41, 5.74) is 0. The molecule has 0 radical (unpaired) electrons. The van der Waals surface area contributed by atoms with E-state index in [0.717, 1.165) is 24.9 Å². The Labute approximate surface area is 103 Å². The average molecular weight is 235 g/mol. The Morgan fingerprint density at radius 1 is 1.24 bits per heavy atom. The summed E-state index contributed by atoms with van der Waals surface area (Å²) in [6.07, 6.45) is 1.77. The van der Waals surface area contributed by atoms with Crippen molar-refractivity contribution >= 4 is 11.8 Å². The predicted octanol–water partition coefficient (Wildman–Crippen LogP) is 0.973. The van der Waals surface area contributed by atoms with Crippen LogP contribution in [-0.4, -0.2) is 62.0 Å². The highest BCUT2D eigenvalue weighted by Crippen LogP contribution is 1.98. The fourth-order valence-electron chi connectivity index (χ4n) is 1.49. The van der Waals surface area contributed by atoms with E-state index in [-0.39, 0.29) is 0 Å². The number of hydrogen-bond acceptors (Lipinski definition) is 3. The SMILES string of the molecule is CN(C)C(=NCCNc1ccccn1)N(C)C. The summed E-state index contributed by atoms with van der Waals surface area (Å²) >= 11 is 0. The van der Waals surface area contributed by atoms with Crippen LogP contribution in [0.3, 0.4) is 0 Å². The van der Waals surface area contributed by atoms with Crippen LogP contribution in [0, 0.1) is 0 Å². The minimum Gasteiger partial charge on any atom is -0.368 e. The fourth-order valence-corrected chi connectivity index (χ4v) is 1.49. The van der Waals surface area contributed by atoms with E-state index in [1.54, 1.807) is 6.20 Å². The zero-order valence-electron chi connectivity index (χ0n) is 11.0. The standard InChI is InChI=1S/C12H21N5/c1-16(2)12(17(3)4)15-10-9-14-11-7-5-6-8-13-11/h5-8H,9-10H2,1-4H3,(H,13,14). The summed E-state index contributed by atoms with van der Waals surface area (Å²) in [6.45, 7) is 1.50. The van der Waals surface area contributed by atoms with E-state index >= 15 is 0 Å². The molecular formula is C12H21N5. The first kappa shape index (κ1) is 13.3. The monoisotopic (exact) mass is 235 g/mol. The number of nitrogens with one attached hydrogen (secondary N) is 1. The summed E-state index contributed by atoms with van der Waals surface area (Å²) in [7, 11) is 7.96. The van der Waals surface area contributed by atoms with Gasteiger partial charge in [0.15, 0.2) is 5.96 Å². The Morgan fingerprint density at radius 3 is 2.47 bits per heavy atom. The summed E-state index contributed by atoms with van der Waals surface area (Å²) in [5.74, 6) is 1.85. The van der Waals surface area contributed by atoms with Crippen LogP contribution in [0.4, 0.5) is 5.82 Å². The first-order valence-electron chi connectivity index (χ1n) is 5.65. The quantitative estimate of drug-likeness (QED) is 0.480. The first-order valence-corrected chi connectivity index (χ1v) is 5.65. The molecule has 1 rings (SSSR count). The van der Waals surface area contributed by atoms with Gasteiger partial charge < -0.3 is 15.1 Å². The van der Waals surface area contributed by atoms with Gasteiger partial charge in [0.1, 0.15) is 5.82 Å². The van der Waals surface area contributed by atoms with Gasteiger partial charge in [0.05, 0.1) is 6.54 Å². The van der Waals surface area contributed by atoms with Gasteiger partial charge in [0, 0.05) is 40.9 Å². The van der Waals surface area contributed by atoms with Crippen LogP contribution in [-0.2, 0) is 0 Å². The molecule has 0 aromatic carbocycles. The van der Waals surface area contributed by atoms with Gasteiger partial charge in [-0.15, -0.1) is 0 Å². The van der Waals surface area contributed by atoms with E-state index < -0.39 is 0 Å². The van der Waals surface area contributed by atoms with Crippen LogP contribution < -0.4 is 5.32 Å². The van der Waals surface area contributed by atoms with Crippen LogP contribution in [0.2, 0.25) is 0 Å². The molecule has 0 unspecified atom stereocenters. The summed E-state index contributed by atoms with van der Waals surface area (Å²) < 4.78 is 0. The number of hydrogen-bond donors (Lipinski definition) is 1. The van der Waals surface area contributed by atoms with Gasteiger partial charge in [-0.3, -0.25) is 4.99 Å². The van der Waals surface area contributed by atoms with E-state index in [9.17, 15) is 0 Å². The van der Waals surface area contributed by atoms with Crippen LogP contribution in [0.15, 0.2) is 29.4 Å². The molecular weight excluding hydrogens is 214 g/mol. The molecule has 0 spiro atoms. The molecule has 1 aromatic heterocycles. The molecule has 1 aromatic rings. The largest absolute Gasteiger partial charge is 0.368 e. The maximum absolute atomic E-state index is 4.52. The molecule has 0 amide bonds. The van der Waals surface area contributed by atoms with Crippen molar-refractivity contribution < 1.29 is 0 Å². The minimum atomic E-state index is 0.724. The average Bonchev–Trinajstić information content (AvgIpc) is 2.29. The van der Waals surface area contributed by atoms with Crippen molar-refractivity contribution in [2.75, 3.05) is 46.6 Å². The Balaban J connectivity index is 2.38. The van der Waals surface area contributed by atoms with Crippen molar-refractivity contribution in [3.05, 3.63) is 24.4 Å². The molecule has 0 saturated carbocycles. The predicted molar refractivity (Wildman–Crippen MR) is 72.4 cm³/mol. The van der Waals surface area contributed by atoms with Crippen molar-refractivity contribution in [1.29, 1.82) is 0 Å². The lowest BCUT2D eigenvalue weighted by Crippen LogP contribution is -2.35. The topological polar surface area (TPSA) is 43.8 Å². The third-order valence-corrected chi connectivity index (χ3v) is 2.14. The molecule has 94 valence electrons. The maximum Gasteiger partial charge on any atom is 0.195 e. The molecule has 1 heterocycles. The number of guanidine groups is 1. The Morgan fingerprint density at radius 2 is 1.94 bits per heavy atom. The zero-order chi connectivity index (χ0) is 12.7. The molecule has 17 heavy (non-hydrogen) atoms. The lowest BCUT2D eigenvalue weighted by Gasteiger charge is -2.22. The molecule has 0 fully saturated rings.